The second kappa shape index (κ2) is 7.12. The first kappa shape index (κ1) is 18.1. The quantitative estimate of drug-likeness (QED) is 0.540. The second-order valence-electron chi connectivity index (χ2n) is 7.94. The molecule has 0 atom stereocenters. The van der Waals surface area contributed by atoms with E-state index in [1.165, 1.54) is 5.56 Å². The molecular weight excluding hydrogens is 362 g/mol. The van der Waals surface area contributed by atoms with Gasteiger partial charge < -0.3 is 9.30 Å². The van der Waals surface area contributed by atoms with Crippen LogP contribution in [0.15, 0.2) is 53.7 Å². The van der Waals surface area contributed by atoms with Crippen molar-refractivity contribution in [2.75, 3.05) is 19.6 Å². The van der Waals surface area contributed by atoms with E-state index < -0.39 is 0 Å². The fourth-order valence-corrected chi connectivity index (χ4v) is 4.36. The van der Waals surface area contributed by atoms with Crippen LogP contribution in [0.25, 0.3) is 22.6 Å². The fourth-order valence-electron chi connectivity index (χ4n) is 4.36. The summed E-state index contributed by atoms with van der Waals surface area (Å²) in [4.78, 5) is 24.6. The lowest BCUT2D eigenvalue weighted by Crippen LogP contribution is -2.32. The first-order valence-electron chi connectivity index (χ1n) is 10.3. The van der Waals surface area contributed by atoms with Gasteiger partial charge in [-0.1, -0.05) is 13.0 Å². The maximum absolute atomic E-state index is 12.9. The van der Waals surface area contributed by atoms with Crippen molar-refractivity contribution in [1.82, 2.24) is 23.7 Å². The third-order valence-corrected chi connectivity index (χ3v) is 6.06. The Balaban J connectivity index is 1.50. The summed E-state index contributed by atoms with van der Waals surface area (Å²) in [7, 11) is 0. The zero-order valence-electron chi connectivity index (χ0n) is 16.9. The van der Waals surface area contributed by atoms with Gasteiger partial charge in [-0.15, -0.1) is 0 Å². The molecule has 1 aliphatic rings. The van der Waals surface area contributed by atoms with E-state index in [1.807, 2.05) is 48.1 Å². The zero-order valence-corrected chi connectivity index (χ0v) is 16.9. The minimum absolute atomic E-state index is 0.0419. The molecule has 1 saturated heterocycles. The van der Waals surface area contributed by atoms with E-state index in [0.717, 1.165) is 49.4 Å². The standard InChI is InChI=1S/C23H25N5O/c1-3-26-10-8-17(9-11-26)18-4-7-22-25-20(12-23(29)28(22)15-18)19-5-6-21-24-16(2)13-27(21)14-19/h4-7,12-15,17H,3,8-11H2,1-2H3. The van der Waals surface area contributed by atoms with Crippen molar-refractivity contribution in [3.63, 3.8) is 0 Å². The largest absolute Gasteiger partial charge is 0.306 e. The highest BCUT2D eigenvalue weighted by atomic mass is 16.1. The van der Waals surface area contributed by atoms with Gasteiger partial charge in [-0.05, 0) is 69.1 Å². The summed E-state index contributed by atoms with van der Waals surface area (Å²) in [5.74, 6) is 0.515. The van der Waals surface area contributed by atoms with Crippen molar-refractivity contribution in [2.45, 2.75) is 32.6 Å². The molecule has 4 aromatic heterocycles. The smallest absolute Gasteiger partial charge is 0.258 e. The zero-order chi connectivity index (χ0) is 20.0. The van der Waals surface area contributed by atoms with Crippen LogP contribution < -0.4 is 5.56 Å². The Labute approximate surface area is 169 Å². The van der Waals surface area contributed by atoms with Gasteiger partial charge in [0.05, 0.1) is 11.4 Å². The fraction of sp³-hybridized carbons (Fsp3) is 0.348. The summed E-state index contributed by atoms with van der Waals surface area (Å²) in [5.41, 5.74) is 5.33. The topological polar surface area (TPSA) is 54.9 Å². The molecule has 0 unspecified atom stereocenters. The van der Waals surface area contributed by atoms with Gasteiger partial charge in [0.25, 0.3) is 5.56 Å². The van der Waals surface area contributed by atoms with Crippen LogP contribution in [0.1, 0.15) is 36.9 Å². The molecule has 0 aliphatic carbocycles. The summed E-state index contributed by atoms with van der Waals surface area (Å²) in [5, 5.41) is 0. The maximum atomic E-state index is 12.9. The molecule has 0 amide bonds. The SMILES string of the molecule is CCN1CCC(c2ccc3nc(-c4ccc5nc(C)cn5c4)cc(=O)n3c2)CC1. The Morgan fingerprint density at radius 3 is 2.59 bits per heavy atom. The number of nitrogens with zero attached hydrogens (tertiary/aromatic N) is 5. The lowest BCUT2D eigenvalue weighted by molar-refractivity contribution is 0.222. The van der Waals surface area contributed by atoms with E-state index in [1.54, 1.807) is 10.5 Å². The predicted octanol–water partition coefficient (Wildman–Crippen LogP) is 3.52. The number of hydrogen-bond acceptors (Lipinski definition) is 4. The molecule has 1 aliphatic heterocycles. The first-order chi connectivity index (χ1) is 14.1. The Kier molecular flexibility index (Phi) is 4.43. The molecule has 6 nitrogen and oxygen atoms in total. The van der Waals surface area contributed by atoms with Crippen LogP contribution in [0.2, 0.25) is 0 Å². The van der Waals surface area contributed by atoms with Gasteiger partial charge in [0.2, 0.25) is 0 Å². The average Bonchev–Trinajstić information content (AvgIpc) is 3.12. The predicted molar refractivity (Wildman–Crippen MR) is 114 cm³/mol. The highest BCUT2D eigenvalue weighted by Crippen LogP contribution is 2.28. The normalized spacial score (nSPS) is 16.1. The number of aromatic nitrogens is 4. The third-order valence-electron chi connectivity index (χ3n) is 6.06. The van der Waals surface area contributed by atoms with Gasteiger partial charge in [-0.3, -0.25) is 9.20 Å². The van der Waals surface area contributed by atoms with E-state index >= 15 is 0 Å². The number of rotatable bonds is 3. The lowest BCUT2D eigenvalue weighted by Gasteiger charge is -2.31. The highest BCUT2D eigenvalue weighted by molar-refractivity contribution is 5.63. The summed E-state index contributed by atoms with van der Waals surface area (Å²) < 4.78 is 3.66. The van der Waals surface area contributed by atoms with Gasteiger partial charge >= 0.3 is 0 Å². The number of hydrogen-bond donors (Lipinski definition) is 0. The van der Waals surface area contributed by atoms with E-state index in [-0.39, 0.29) is 5.56 Å². The molecule has 29 heavy (non-hydrogen) atoms. The highest BCUT2D eigenvalue weighted by Gasteiger charge is 2.20. The van der Waals surface area contributed by atoms with E-state index in [2.05, 4.69) is 22.9 Å². The Bertz CT molecular complexity index is 1250. The summed E-state index contributed by atoms with van der Waals surface area (Å²) in [6.07, 6.45) is 8.23. The molecule has 0 radical (unpaired) electrons. The van der Waals surface area contributed by atoms with Gasteiger partial charge in [-0.2, -0.15) is 0 Å². The van der Waals surface area contributed by atoms with E-state index in [9.17, 15) is 4.79 Å². The van der Waals surface area contributed by atoms with Crippen LogP contribution in [-0.4, -0.2) is 43.3 Å². The van der Waals surface area contributed by atoms with Gasteiger partial charge in [0.15, 0.2) is 0 Å². The molecule has 148 valence electrons. The second-order valence-corrected chi connectivity index (χ2v) is 7.94. The first-order valence-corrected chi connectivity index (χ1v) is 10.3. The van der Waals surface area contributed by atoms with Crippen LogP contribution in [0.4, 0.5) is 0 Å². The molecule has 6 heteroatoms. The van der Waals surface area contributed by atoms with Crippen LogP contribution in [-0.2, 0) is 0 Å². The molecule has 0 bridgehead atoms. The lowest BCUT2D eigenvalue weighted by atomic mass is 9.90. The summed E-state index contributed by atoms with van der Waals surface area (Å²) in [6.45, 7) is 7.55. The van der Waals surface area contributed by atoms with Crippen LogP contribution in [0.5, 0.6) is 0 Å². The Hall–Kier alpha value is -2.99. The number of fused-ring (bicyclic) bond motifs is 2. The van der Waals surface area contributed by atoms with Crippen LogP contribution in [0.3, 0.4) is 0 Å². The molecule has 4 aromatic rings. The number of imidazole rings is 1. The number of pyridine rings is 2. The van der Waals surface area contributed by atoms with Crippen molar-refractivity contribution in [3.8, 4) is 11.3 Å². The third kappa shape index (κ3) is 3.34. The molecule has 5 rings (SSSR count). The summed E-state index contributed by atoms with van der Waals surface area (Å²) in [6, 6.07) is 9.67. The molecule has 0 N–H and O–H groups in total. The van der Waals surface area contributed by atoms with Crippen molar-refractivity contribution >= 4 is 11.3 Å². The minimum Gasteiger partial charge on any atom is -0.306 e. The molecular formula is C23H25N5O. The molecule has 0 aromatic carbocycles. The van der Waals surface area contributed by atoms with Gasteiger partial charge in [0, 0.05) is 30.2 Å². The van der Waals surface area contributed by atoms with E-state index in [0.29, 0.717) is 17.3 Å². The minimum atomic E-state index is -0.0419. The summed E-state index contributed by atoms with van der Waals surface area (Å²) >= 11 is 0. The monoisotopic (exact) mass is 387 g/mol. The molecule has 5 heterocycles. The molecule has 0 spiro atoms. The van der Waals surface area contributed by atoms with Crippen molar-refractivity contribution < 1.29 is 0 Å². The molecule has 1 fully saturated rings. The van der Waals surface area contributed by atoms with Gasteiger partial charge in [0.1, 0.15) is 11.3 Å². The van der Waals surface area contributed by atoms with Crippen molar-refractivity contribution in [2.24, 2.45) is 0 Å². The Morgan fingerprint density at radius 2 is 1.79 bits per heavy atom. The van der Waals surface area contributed by atoms with Crippen LogP contribution in [0, 0.1) is 6.92 Å². The number of aryl methyl sites for hydroxylation is 1. The van der Waals surface area contributed by atoms with Gasteiger partial charge in [-0.25, -0.2) is 9.97 Å². The van der Waals surface area contributed by atoms with Crippen LogP contribution >= 0.6 is 0 Å². The van der Waals surface area contributed by atoms with E-state index in [4.69, 9.17) is 4.98 Å². The Morgan fingerprint density at radius 1 is 1.00 bits per heavy atom. The van der Waals surface area contributed by atoms with Crippen molar-refractivity contribution in [1.29, 1.82) is 0 Å². The molecule has 0 saturated carbocycles. The average molecular weight is 387 g/mol. The maximum Gasteiger partial charge on any atom is 0.258 e. The number of piperidine rings is 1. The number of likely N-dealkylation sites (tertiary alicyclic amines) is 1. The van der Waals surface area contributed by atoms with Crippen molar-refractivity contribution in [3.05, 3.63) is 70.5 Å².